The summed E-state index contributed by atoms with van der Waals surface area (Å²) >= 11 is 6.17. The normalized spacial score (nSPS) is 10.5. The van der Waals surface area contributed by atoms with E-state index >= 15 is 0 Å². The van der Waals surface area contributed by atoms with Gasteiger partial charge in [0, 0.05) is 35.7 Å². The summed E-state index contributed by atoms with van der Waals surface area (Å²) in [6.07, 6.45) is 2.26. The molecule has 0 aromatic heterocycles. The van der Waals surface area contributed by atoms with Crippen LogP contribution >= 0.6 is 11.6 Å². The second kappa shape index (κ2) is 9.35. The van der Waals surface area contributed by atoms with Crippen LogP contribution < -0.4 is 10.6 Å². The number of unbranched alkanes of at least 4 members (excludes halogenated alkanes) is 1. The number of nitrogens with two attached hydrogens (primary N) is 1. The van der Waals surface area contributed by atoms with Gasteiger partial charge in [-0.05, 0) is 24.6 Å². The fourth-order valence-corrected chi connectivity index (χ4v) is 2.85. The maximum atomic E-state index is 12.7. The molecule has 0 aliphatic heterocycles. The van der Waals surface area contributed by atoms with Gasteiger partial charge in [0.2, 0.25) is 5.91 Å². The van der Waals surface area contributed by atoms with Gasteiger partial charge in [-0.25, -0.2) is 0 Å². The predicted molar refractivity (Wildman–Crippen MR) is 105 cm³/mol. The molecule has 2 aromatic rings. The number of carbonyl (C=O) groups excluding carboxylic acids is 1. The Morgan fingerprint density at radius 2 is 1.92 bits per heavy atom. The molecule has 1 amide bonds. The monoisotopic (exact) mass is 357 g/mol. The lowest BCUT2D eigenvalue weighted by Crippen LogP contribution is -2.36. The number of hydrogen-bond acceptors (Lipinski definition) is 3. The lowest BCUT2D eigenvalue weighted by atomic mass is 10.00. The number of amides is 1. The summed E-state index contributed by atoms with van der Waals surface area (Å²) in [6.45, 7) is 2.83. The fraction of sp³-hybridized carbons (Fsp3) is 0.300. The maximum absolute atomic E-state index is 12.7. The largest absolute Gasteiger partial charge is 0.329 e. The fourth-order valence-electron chi connectivity index (χ4n) is 2.68. The molecular weight excluding hydrogens is 334 g/mol. The van der Waals surface area contributed by atoms with E-state index in [0.717, 1.165) is 18.4 Å². The van der Waals surface area contributed by atoms with Crippen molar-refractivity contribution in [3.05, 3.63) is 64.7 Å². The lowest BCUT2D eigenvalue weighted by Gasteiger charge is -2.25. The van der Waals surface area contributed by atoms with Gasteiger partial charge in [0.25, 0.3) is 0 Å². The molecule has 25 heavy (non-hydrogen) atoms. The van der Waals surface area contributed by atoms with Crippen LogP contribution in [0.5, 0.6) is 0 Å². The Morgan fingerprint density at radius 1 is 1.20 bits per heavy atom. The van der Waals surface area contributed by atoms with E-state index in [1.165, 1.54) is 0 Å². The molecule has 0 aliphatic carbocycles. The number of nitrogens with zero attached hydrogens (tertiary/aromatic N) is 1. The van der Waals surface area contributed by atoms with Crippen LogP contribution in [0.4, 0.5) is 5.69 Å². The highest BCUT2D eigenvalue weighted by atomic mass is 35.5. The van der Waals surface area contributed by atoms with Crippen molar-refractivity contribution >= 4 is 28.9 Å². The van der Waals surface area contributed by atoms with Gasteiger partial charge in [-0.2, -0.15) is 0 Å². The Kier molecular flexibility index (Phi) is 7.16. The molecule has 2 aromatic carbocycles. The predicted octanol–water partition coefficient (Wildman–Crippen LogP) is 4.24. The number of halogens is 1. The Balaban J connectivity index is 2.45. The molecule has 0 bridgehead atoms. The average Bonchev–Trinajstić information content (AvgIpc) is 2.64. The second-order valence-electron chi connectivity index (χ2n) is 5.84. The maximum Gasteiger partial charge on any atom is 0.227 e. The summed E-state index contributed by atoms with van der Waals surface area (Å²) in [5, 5.41) is 9.12. The highest BCUT2D eigenvalue weighted by molar-refractivity contribution is 6.31. The van der Waals surface area contributed by atoms with Crippen LogP contribution in [0.15, 0.2) is 48.5 Å². The van der Waals surface area contributed by atoms with E-state index in [1.54, 1.807) is 23.1 Å². The van der Waals surface area contributed by atoms with Crippen LogP contribution in [0.25, 0.3) is 0 Å². The Hall–Kier alpha value is -2.17. The van der Waals surface area contributed by atoms with Gasteiger partial charge < -0.3 is 10.6 Å². The van der Waals surface area contributed by atoms with Gasteiger partial charge in [-0.1, -0.05) is 55.3 Å². The van der Waals surface area contributed by atoms with Crippen molar-refractivity contribution in [3.8, 4) is 0 Å². The third-order valence-electron chi connectivity index (χ3n) is 3.98. The van der Waals surface area contributed by atoms with Crippen LogP contribution in [0, 0.1) is 5.41 Å². The molecule has 3 N–H and O–H groups in total. The van der Waals surface area contributed by atoms with E-state index in [4.69, 9.17) is 22.7 Å². The zero-order valence-corrected chi connectivity index (χ0v) is 15.2. The Bertz CT molecular complexity index is 731. The van der Waals surface area contributed by atoms with Crippen molar-refractivity contribution in [1.29, 1.82) is 5.41 Å². The minimum absolute atomic E-state index is 0.0248. The summed E-state index contributed by atoms with van der Waals surface area (Å²) in [7, 11) is 0. The standard InChI is InChI=1S/C20H24ClN3O/c1-2-3-9-19(25)24(13-12-22)18-11-10-16(21)14-17(18)20(23)15-7-5-4-6-8-15/h4-8,10-11,14,23H,2-3,9,12-13,22H2,1H3. The van der Waals surface area contributed by atoms with Crippen molar-refractivity contribution in [2.45, 2.75) is 26.2 Å². The van der Waals surface area contributed by atoms with Gasteiger partial charge in [-0.15, -0.1) is 0 Å². The molecule has 0 saturated heterocycles. The highest BCUT2D eigenvalue weighted by Crippen LogP contribution is 2.27. The summed E-state index contributed by atoms with van der Waals surface area (Å²) < 4.78 is 0. The van der Waals surface area contributed by atoms with E-state index in [-0.39, 0.29) is 5.91 Å². The van der Waals surface area contributed by atoms with Crippen LogP contribution in [0.3, 0.4) is 0 Å². The molecule has 0 unspecified atom stereocenters. The third kappa shape index (κ3) is 4.91. The summed E-state index contributed by atoms with van der Waals surface area (Å²) in [4.78, 5) is 14.3. The molecule has 4 nitrogen and oxygen atoms in total. The van der Waals surface area contributed by atoms with Crippen molar-refractivity contribution in [2.75, 3.05) is 18.0 Å². The van der Waals surface area contributed by atoms with E-state index in [2.05, 4.69) is 6.92 Å². The van der Waals surface area contributed by atoms with Gasteiger partial charge in [-0.3, -0.25) is 10.2 Å². The molecule has 2 rings (SSSR count). The molecule has 0 fully saturated rings. The van der Waals surface area contributed by atoms with E-state index < -0.39 is 0 Å². The summed E-state index contributed by atoms with van der Waals surface area (Å²) in [6, 6.07) is 14.7. The smallest absolute Gasteiger partial charge is 0.227 e. The van der Waals surface area contributed by atoms with Crippen LogP contribution in [0.1, 0.15) is 37.3 Å². The van der Waals surface area contributed by atoms with Crippen molar-refractivity contribution < 1.29 is 4.79 Å². The number of nitrogens with one attached hydrogen (secondary N) is 1. The van der Waals surface area contributed by atoms with Crippen LogP contribution in [0.2, 0.25) is 5.02 Å². The van der Waals surface area contributed by atoms with Gasteiger partial charge in [0.1, 0.15) is 0 Å². The molecule has 5 heteroatoms. The van der Waals surface area contributed by atoms with Crippen LogP contribution in [-0.2, 0) is 4.79 Å². The quantitative estimate of drug-likeness (QED) is 0.694. The molecule has 0 atom stereocenters. The molecule has 0 radical (unpaired) electrons. The van der Waals surface area contributed by atoms with Crippen LogP contribution in [-0.4, -0.2) is 24.7 Å². The first kappa shape index (κ1) is 19.2. The van der Waals surface area contributed by atoms with Crippen molar-refractivity contribution in [2.24, 2.45) is 5.73 Å². The number of rotatable bonds is 8. The first-order chi connectivity index (χ1) is 12.1. The van der Waals surface area contributed by atoms with Crippen molar-refractivity contribution in [3.63, 3.8) is 0 Å². The van der Waals surface area contributed by atoms with E-state index in [9.17, 15) is 4.79 Å². The topological polar surface area (TPSA) is 70.2 Å². The zero-order valence-electron chi connectivity index (χ0n) is 14.5. The second-order valence-corrected chi connectivity index (χ2v) is 6.28. The molecule has 132 valence electrons. The van der Waals surface area contributed by atoms with E-state index in [0.29, 0.717) is 41.5 Å². The first-order valence-electron chi connectivity index (χ1n) is 8.52. The lowest BCUT2D eigenvalue weighted by molar-refractivity contribution is -0.118. The van der Waals surface area contributed by atoms with Gasteiger partial charge >= 0.3 is 0 Å². The number of carbonyl (C=O) groups is 1. The minimum Gasteiger partial charge on any atom is -0.329 e. The molecule has 0 spiro atoms. The van der Waals surface area contributed by atoms with E-state index in [1.807, 2.05) is 30.3 Å². The number of anilines is 1. The highest BCUT2D eigenvalue weighted by Gasteiger charge is 2.20. The molecule has 0 saturated carbocycles. The van der Waals surface area contributed by atoms with Gasteiger partial charge in [0.05, 0.1) is 11.4 Å². The number of benzene rings is 2. The first-order valence-corrected chi connectivity index (χ1v) is 8.90. The third-order valence-corrected chi connectivity index (χ3v) is 4.21. The van der Waals surface area contributed by atoms with Gasteiger partial charge in [0.15, 0.2) is 0 Å². The number of hydrogen-bond donors (Lipinski definition) is 2. The SMILES string of the molecule is CCCCC(=O)N(CCN)c1ccc(Cl)cc1C(=N)c1ccccc1. The van der Waals surface area contributed by atoms with Crippen molar-refractivity contribution in [1.82, 2.24) is 0 Å². The average molecular weight is 358 g/mol. The summed E-state index contributed by atoms with van der Waals surface area (Å²) in [5.41, 5.74) is 8.16. The summed E-state index contributed by atoms with van der Waals surface area (Å²) in [5.74, 6) is 0.0248. The molecular formula is C20H24ClN3O. The zero-order chi connectivity index (χ0) is 18.2. The Morgan fingerprint density at radius 3 is 2.56 bits per heavy atom. The molecule has 0 aliphatic rings. The Labute approximate surface area is 154 Å². The molecule has 0 heterocycles. The minimum atomic E-state index is 0.0248.